The molecular weight excluding hydrogens is 398 g/mol. The van der Waals surface area contributed by atoms with Crippen molar-refractivity contribution in [3.8, 4) is 0 Å². The number of likely N-dealkylation sites (tertiary alicyclic amines) is 2. The van der Waals surface area contributed by atoms with Gasteiger partial charge in [-0.3, -0.25) is 19.2 Å². The molecule has 0 N–H and O–H groups in total. The highest BCUT2D eigenvalue weighted by Crippen LogP contribution is 2.29. The van der Waals surface area contributed by atoms with Gasteiger partial charge in [0.15, 0.2) is 0 Å². The van der Waals surface area contributed by atoms with E-state index in [9.17, 15) is 19.2 Å². The van der Waals surface area contributed by atoms with E-state index in [4.69, 9.17) is 4.74 Å². The summed E-state index contributed by atoms with van der Waals surface area (Å²) in [5.74, 6) is -0.420. The lowest BCUT2D eigenvalue weighted by molar-refractivity contribution is -0.152. The molecule has 0 aromatic heterocycles. The fourth-order valence-electron chi connectivity index (χ4n) is 5.13. The van der Waals surface area contributed by atoms with Crippen molar-refractivity contribution in [1.82, 2.24) is 14.7 Å². The molecule has 0 aromatic carbocycles. The fourth-order valence-corrected chi connectivity index (χ4v) is 5.13. The van der Waals surface area contributed by atoms with E-state index in [2.05, 4.69) is 0 Å². The second-order valence-corrected chi connectivity index (χ2v) is 9.13. The van der Waals surface area contributed by atoms with Crippen LogP contribution in [0.25, 0.3) is 0 Å². The van der Waals surface area contributed by atoms with Gasteiger partial charge in [-0.05, 0) is 45.4 Å². The Morgan fingerprint density at radius 1 is 0.871 bits per heavy atom. The van der Waals surface area contributed by atoms with Crippen molar-refractivity contribution in [2.75, 3.05) is 39.8 Å². The summed E-state index contributed by atoms with van der Waals surface area (Å²) in [5.41, 5.74) is 0. The molecule has 1 atom stereocenters. The number of likely N-dealkylation sites (N-methyl/N-ethyl adjacent to an activating group) is 1. The van der Waals surface area contributed by atoms with Gasteiger partial charge < -0.3 is 19.4 Å². The quantitative estimate of drug-likeness (QED) is 0.594. The zero-order chi connectivity index (χ0) is 22.4. The molecule has 2 heterocycles. The lowest BCUT2D eigenvalue weighted by atomic mass is 9.88. The lowest BCUT2D eigenvalue weighted by Crippen LogP contribution is -2.51. The first-order chi connectivity index (χ1) is 14.9. The number of hydrogen-bond donors (Lipinski definition) is 0. The van der Waals surface area contributed by atoms with Crippen molar-refractivity contribution < 1.29 is 23.9 Å². The Labute approximate surface area is 185 Å². The smallest absolute Gasteiger partial charge is 0.309 e. The van der Waals surface area contributed by atoms with Crippen LogP contribution in [0.4, 0.5) is 0 Å². The Bertz CT molecular complexity index is 668. The van der Waals surface area contributed by atoms with E-state index in [1.54, 1.807) is 23.8 Å². The SMILES string of the molecule is CCOC(=O)C1CCN(C(=O)CN(C)C(=O)C2CCCN2C(=O)C2CCCCC2)CC1. The molecule has 0 radical (unpaired) electrons. The Balaban J connectivity index is 1.49. The summed E-state index contributed by atoms with van der Waals surface area (Å²) in [4.78, 5) is 55.6. The summed E-state index contributed by atoms with van der Waals surface area (Å²) in [6, 6.07) is -0.443. The van der Waals surface area contributed by atoms with Gasteiger partial charge in [0, 0.05) is 32.6 Å². The number of amides is 3. The van der Waals surface area contributed by atoms with E-state index in [1.807, 2.05) is 0 Å². The van der Waals surface area contributed by atoms with Gasteiger partial charge in [-0.1, -0.05) is 19.3 Å². The maximum atomic E-state index is 13.1. The number of carbonyl (C=O) groups excluding carboxylic acids is 4. The van der Waals surface area contributed by atoms with Crippen molar-refractivity contribution in [2.24, 2.45) is 11.8 Å². The Morgan fingerprint density at radius 3 is 2.19 bits per heavy atom. The van der Waals surface area contributed by atoms with Crippen LogP contribution in [0.15, 0.2) is 0 Å². The first kappa shape index (κ1) is 23.5. The normalized spacial score (nSPS) is 23.0. The van der Waals surface area contributed by atoms with Crippen LogP contribution in [0.1, 0.15) is 64.7 Å². The maximum Gasteiger partial charge on any atom is 0.309 e. The summed E-state index contributed by atoms with van der Waals surface area (Å²) in [6.07, 6.45) is 7.89. The number of rotatable bonds is 6. The average Bonchev–Trinajstić information content (AvgIpc) is 3.28. The minimum absolute atomic E-state index is 0.00483. The van der Waals surface area contributed by atoms with Crippen LogP contribution in [-0.4, -0.2) is 84.3 Å². The molecule has 0 spiro atoms. The highest BCUT2D eigenvalue weighted by atomic mass is 16.5. The molecule has 3 fully saturated rings. The van der Waals surface area contributed by atoms with Gasteiger partial charge in [-0.15, -0.1) is 0 Å². The fraction of sp³-hybridized carbons (Fsp3) is 0.826. The maximum absolute atomic E-state index is 13.1. The van der Waals surface area contributed by atoms with Crippen LogP contribution in [0, 0.1) is 11.8 Å². The van der Waals surface area contributed by atoms with Gasteiger partial charge in [0.2, 0.25) is 17.7 Å². The van der Waals surface area contributed by atoms with Crippen LogP contribution in [-0.2, 0) is 23.9 Å². The number of hydrogen-bond acceptors (Lipinski definition) is 5. The molecule has 174 valence electrons. The van der Waals surface area contributed by atoms with E-state index in [0.717, 1.165) is 32.1 Å². The highest BCUT2D eigenvalue weighted by molar-refractivity contribution is 5.91. The third-order valence-electron chi connectivity index (χ3n) is 6.99. The number of carbonyl (C=O) groups is 4. The Kier molecular flexibility index (Phi) is 8.32. The molecule has 31 heavy (non-hydrogen) atoms. The molecule has 3 aliphatic rings. The molecule has 2 aliphatic heterocycles. The van der Waals surface area contributed by atoms with E-state index >= 15 is 0 Å². The minimum Gasteiger partial charge on any atom is -0.466 e. The molecule has 8 heteroatoms. The van der Waals surface area contributed by atoms with E-state index < -0.39 is 6.04 Å². The standard InChI is InChI=1S/C23H37N3O5/c1-3-31-23(30)18-11-14-25(15-12-18)20(27)16-24(2)22(29)19-10-7-13-26(19)21(28)17-8-5-4-6-9-17/h17-19H,3-16H2,1-2H3. The second kappa shape index (κ2) is 11.0. The van der Waals surface area contributed by atoms with Crippen molar-refractivity contribution in [3.63, 3.8) is 0 Å². The van der Waals surface area contributed by atoms with Crippen molar-refractivity contribution in [1.29, 1.82) is 0 Å². The van der Waals surface area contributed by atoms with E-state index in [-0.39, 0.29) is 42.1 Å². The van der Waals surface area contributed by atoms with E-state index in [1.165, 1.54) is 11.3 Å². The van der Waals surface area contributed by atoms with Crippen molar-refractivity contribution in [3.05, 3.63) is 0 Å². The zero-order valence-corrected chi connectivity index (χ0v) is 19.0. The van der Waals surface area contributed by atoms with Gasteiger partial charge in [-0.25, -0.2) is 0 Å². The zero-order valence-electron chi connectivity index (χ0n) is 19.0. The van der Waals surface area contributed by atoms with Crippen molar-refractivity contribution in [2.45, 2.75) is 70.8 Å². The van der Waals surface area contributed by atoms with Crippen LogP contribution in [0.5, 0.6) is 0 Å². The molecule has 0 aromatic rings. The summed E-state index contributed by atoms with van der Waals surface area (Å²) in [6.45, 7) is 3.80. The van der Waals surface area contributed by atoms with Crippen LogP contribution >= 0.6 is 0 Å². The number of nitrogens with zero attached hydrogens (tertiary/aromatic N) is 3. The Hall–Kier alpha value is -2.12. The molecule has 1 aliphatic carbocycles. The van der Waals surface area contributed by atoms with Crippen LogP contribution in [0.2, 0.25) is 0 Å². The number of esters is 1. The molecule has 1 unspecified atom stereocenters. The topological polar surface area (TPSA) is 87.2 Å². The molecule has 8 nitrogen and oxygen atoms in total. The monoisotopic (exact) mass is 435 g/mol. The summed E-state index contributed by atoms with van der Waals surface area (Å²) < 4.78 is 5.08. The largest absolute Gasteiger partial charge is 0.466 e. The van der Waals surface area contributed by atoms with Gasteiger partial charge in [0.1, 0.15) is 6.04 Å². The van der Waals surface area contributed by atoms with Gasteiger partial charge in [-0.2, -0.15) is 0 Å². The Morgan fingerprint density at radius 2 is 1.55 bits per heavy atom. The van der Waals surface area contributed by atoms with Gasteiger partial charge >= 0.3 is 5.97 Å². The third-order valence-corrected chi connectivity index (χ3v) is 6.99. The van der Waals surface area contributed by atoms with Crippen LogP contribution in [0.3, 0.4) is 0 Å². The minimum atomic E-state index is -0.443. The first-order valence-corrected chi connectivity index (χ1v) is 11.9. The van der Waals surface area contributed by atoms with Gasteiger partial charge in [0.25, 0.3) is 0 Å². The number of ether oxygens (including phenoxy) is 1. The molecule has 1 saturated carbocycles. The molecular formula is C23H37N3O5. The molecule has 2 saturated heterocycles. The summed E-state index contributed by atoms with van der Waals surface area (Å²) in [7, 11) is 1.65. The first-order valence-electron chi connectivity index (χ1n) is 11.9. The number of piperidine rings is 1. The predicted molar refractivity (Wildman–Crippen MR) is 115 cm³/mol. The highest BCUT2D eigenvalue weighted by Gasteiger charge is 2.39. The predicted octanol–water partition coefficient (Wildman–Crippen LogP) is 1.82. The second-order valence-electron chi connectivity index (χ2n) is 9.13. The molecule has 3 amide bonds. The van der Waals surface area contributed by atoms with Crippen LogP contribution < -0.4 is 0 Å². The third kappa shape index (κ3) is 5.77. The lowest BCUT2D eigenvalue weighted by Gasteiger charge is -2.34. The summed E-state index contributed by atoms with van der Waals surface area (Å²) >= 11 is 0. The van der Waals surface area contributed by atoms with Gasteiger partial charge in [0.05, 0.1) is 19.1 Å². The molecule has 3 rings (SSSR count). The van der Waals surface area contributed by atoms with E-state index in [0.29, 0.717) is 45.5 Å². The molecule has 0 bridgehead atoms. The average molecular weight is 436 g/mol. The summed E-state index contributed by atoms with van der Waals surface area (Å²) in [5, 5.41) is 0. The van der Waals surface area contributed by atoms with Crippen molar-refractivity contribution >= 4 is 23.7 Å².